The maximum atomic E-state index is 13.3. The summed E-state index contributed by atoms with van der Waals surface area (Å²) in [4.78, 5) is 14.8. The van der Waals surface area contributed by atoms with Crippen LogP contribution >= 0.6 is 11.6 Å². The summed E-state index contributed by atoms with van der Waals surface area (Å²) in [6, 6.07) is 52.3. The lowest BCUT2D eigenvalue weighted by atomic mass is 9.79. The molecule has 0 aliphatic rings. The number of carbonyl (C=O) groups is 1. The quantitative estimate of drug-likeness (QED) is 0.0386. The van der Waals surface area contributed by atoms with E-state index in [9.17, 15) is 4.79 Å². The lowest BCUT2D eigenvalue weighted by Crippen LogP contribution is -2.67. The van der Waals surface area contributed by atoms with Gasteiger partial charge in [-0.1, -0.05) is 184 Å². The van der Waals surface area contributed by atoms with Crippen LogP contribution in [-0.2, 0) is 24.3 Å². The van der Waals surface area contributed by atoms with Crippen molar-refractivity contribution in [2.24, 2.45) is 0 Å². The molecule has 1 amide bonds. The van der Waals surface area contributed by atoms with E-state index < -0.39 is 26.1 Å². The first-order chi connectivity index (χ1) is 26.5. The standard InChI is InChI=1S/C48H56ClNO4Si/c1-38(35-49)23-22-34-44(54-48(39-24-12-7-13-25-39,40-26-14-8-15-27-40)41-28-16-9-17-29-41)45(52-37-46(51)50(5)6)36-53-55(47(2,3)4,42-30-18-10-19-31-42)43-32-20-11-21-33-43/h7-21,23-33,44-45H,22,34-37H2,1-6H3/b38-23+/t44-,45-/m1/s1. The van der Waals surface area contributed by atoms with Gasteiger partial charge in [0.05, 0.1) is 12.7 Å². The molecule has 288 valence electrons. The molecule has 0 fully saturated rings. The van der Waals surface area contributed by atoms with Gasteiger partial charge in [0.25, 0.3) is 8.32 Å². The number of amides is 1. The number of hydrogen-bond donors (Lipinski definition) is 0. The highest BCUT2D eigenvalue weighted by atomic mass is 35.5. The zero-order valence-electron chi connectivity index (χ0n) is 33.2. The van der Waals surface area contributed by atoms with Gasteiger partial charge >= 0.3 is 0 Å². The van der Waals surface area contributed by atoms with Crippen molar-refractivity contribution in [2.75, 3.05) is 33.2 Å². The molecule has 5 aromatic rings. The predicted molar refractivity (Wildman–Crippen MR) is 230 cm³/mol. The minimum atomic E-state index is -3.00. The molecule has 0 aliphatic heterocycles. The van der Waals surface area contributed by atoms with Gasteiger partial charge in [-0.25, -0.2) is 0 Å². The summed E-state index contributed by atoms with van der Waals surface area (Å²) >= 11 is 6.27. The van der Waals surface area contributed by atoms with Crippen LogP contribution in [0.1, 0.15) is 57.2 Å². The molecule has 0 N–H and O–H groups in total. The van der Waals surface area contributed by atoms with Crippen molar-refractivity contribution in [3.63, 3.8) is 0 Å². The van der Waals surface area contributed by atoms with Crippen molar-refractivity contribution in [3.8, 4) is 0 Å². The Kier molecular flexibility index (Phi) is 14.9. The van der Waals surface area contributed by atoms with Crippen molar-refractivity contribution in [2.45, 2.75) is 63.4 Å². The van der Waals surface area contributed by atoms with Crippen LogP contribution in [0.5, 0.6) is 0 Å². The van der Waals surface area contributed by atoms with Gasteiger partial charge in [-0.2, -0.15) is 0 Å². The van der Waals surface area contributed by atoms with Crippen molar-refractivity contribution in [1.82, 2.24) is 4.90 Å². The van der Waals surface area contributed by atoms with E-state index in [-0.39, 0.29) is 24.2 Å². The molecule has 0 heterocycles. The summed E-state index contributed by atoms with van der Waals surface area (Å²) in [5.74, 6) is 0.314. The molecule has 0 radical (unpaired) electrons. The van der Waals surface area contributed by atoms with Crippen LogP contribution in [0.15, 0.2) is 163 Å². The molecule has 0 unspecified atom stereocenters. The monoisotopic (exact) mass is 773 g/mol. The molecular weight excluding hydrogens is 718 g/mol. The molecule has 7 heteroatoms. The van der Waals surface area contributed by atoms with Crippen LogP contribution in [0.4, 0.5) is 0 Å². The number of likely N-dealkylation sites (N-methyl/N-ethyl adjacent to an activating group) is 1. The number of hydrogen-bond acceptors (Lipinski definition) is 4. The van der Waals surface area contributed by atoms with E-state index in [1.54, 1.807) is 19.0 Å². The maximum Gasteiger partial charge on any atom is 0.261 e. The number of alkyl halides is 1. The van der Waals surface area contributed by atoms with Crippen LogP contribution in [0, 0.1) is 0 Å². The molecule has 0 aliphatic carbocycles. The lowest BCUT2D eigenvalue weighted by molar-refractivity contribution is -0.152. The fraction of sp³-hybridized carbons (Fsp3) is 0.312. The van der Waals surface area contributed by atoms with Crippen LogP contribution < -0.4 is 10.4 Å². The smallest absolute Gasteiger partial charge is 0.261 e. The average Bonchev–Trinajstić information content (AvgIpc) is 3.21. The van der Waals surface area contributed by atoms with Gasteiger partial charge in [0.15, 0.2) is 0 Å². The molecule has 5 rings (SSSR count). The van der Waals surface area contributed by atoms with Crippen LogP contribution in [0.3, 0.4) is 0 Å². The van der Waals surface area contributed by atoms with Gasteiger partial charge in [-0.3, -0.25) is 4.79 Å². The normalized spacial score (nSPS) is 13.6. The highest BCUT2D eigenvalue weighted by molar-refractivity contribution is 6.99. The SMILES string of the molecule is C/C(=C\CC[C@@H](OC(c1ccccc1)(c1ccccc1)c1ccccc1)[C@@H](CO[Si](c1ccccc1)(c1ccccc1)C(C)(C)C)OCC(=O)N(C)C)CCl. The van der Waals surface area contributed by atoms with Gasteiger partial charge in [0, 0.05) is 20.0 Å². The highest BCUT2D eigenvalue weighted by Gasteiger charge is 2.51. The van der Waals surface area contributed by atoms with Crippen molar-refractivity contribution < 1.29 is 18.7 Å². The second-order valence-corrected chi connectivity index (χ2v) is 19.9. The number of benzene rings is 5. The molecule has 5 nitrogen and oxygen atoms in total. The van der Waals surface area contributed by atoms with E-state index in [4.69, 9.17) is 25.5 Å². The highest BCUT2D eigenvalue weighted by Crippen LogP contribution is 2.43. The van der Waals surface area contributed by atoms with Gasteiger partial charge in [0.2, 0.25) is 5.91 Å². The first-order valence-corrected chi connectivity index (χ1v) is 21.6. The molecule has 0 saturated carbocycles. The lowest BCUT2D eigenvalue weighted by Gasteiger charge is -2.45. The summed E-state index contributed by atoms with van der Waals surface area (Å²) in [6.07, 6.45) is 2.29. The van der Waals surface area contributed by atoms with Crippen molar-refractivity contribution in [3.05, 3.63) is 180 Å². The minimum Gasteiger partial charge on any atom is -0.405 e. The average molecular weight is 775 g/mol. The van der Waals surface area contributed by atoms with Crippen LogP contribution in [0.2, 0.25) is 5.04 Å². The Hall–Kier alpha value is -4.30. The van der Waals surface area contributed by atoms with E-state index in [0.29, 0.717) is 18.7 Å². The number of rotatable bonds is 18. The second kappa shape index (κ2) is 19.5. The molecule has 55 heavy (non-hydrogen) atoms. The van der Waals surface area contributed by atoms with E-state index >= 15 is 0 Å². The van der Waals surface area contributed by atoms with E-state index in [1.807, 2.05) is 37.3 Å². The first kappa shape index (κ1) is 41.9. The number of halogens is 1. The van der Waals surface area contributed by atoms with Crippen LogP contribution in [0.25, 0.3) is 0 Å². The fourth-order valence-corrected chi connectivity index (χ4v) is 12.0. The molecule has 0 spiro atoms. The summed E-state index contributed by atoms with van der Waals surface area (Å²) in [5.41, 5.74) is 3.02. The molecule has 0 bridgehead atoms. The third kappa shape index (κ3) is 9.93. The number of nitrogens with zero attached hydrogens (tertiary/aromatic N) is 1. The fourth-order valence-electron chi connectivity index (χ4n) is 7.36. The summed E-state index contributed by atoms with van der Waals surface area (Å²) < 4.78 is 22.1. The summed E-state index contributed by atoms with van der Waals surface area (Å²) in [6.45, 7) is 8.93. The number of carbonyl (C=O) groups excluding carboxylic acids is 1. The first-order valence-electron chi connectivity index (χ1n) is 19.2. The van der Waals surface area contributed by atoms with E-state index in [2.05, 4.69) is 148 Å². The summed E-state index contributed by atoms with van der Waals surface area (Å²) in [5, 5.41) is 2.07. The molecular formula is C48H56ClNO4Si. The van der Waals surface area contributed by atoms with Gasteiger partial charge in [-0.15, -0.1) is 11.6 Å². The molecule has 5 aromatic carbocycles. The minimum absolute atomic E-state index is 0.118. The van der Waals surface area contributed by atoms with Gasteiger partial charge in [-0.05, 0) is 51.9 Å². The maximum absolute atomic E-state index is 13.3. The van der Waals surface area contributed by atoms with Gasteiger partial charge in [0.1, 0.15) is 18.3 Å². The number of ether oxygens (including phenoxy) is 2. The molecule has 0 aromatic heterocycles. The largest absolute Gasteiger partial charge is 0.405 e. The van der Waals surface area contributed by atoms with Crippen LogP contribution in [-0.4, -0.2) is 64.5 Å². The Labute approximate surface area is 335 Å². The zero-order chi connectivity index (χ0) is 39.3. The Morgan fingerprint density at radius 3 is 1.49 bits per heavy atom. The van der Waals surface area contributed by atoms with E-state index in [0.717, 1.165) is 22.3 Å². The Morgan fingerprint density at radius 2 is 1.11 bits per heavy atom. The molecule has 2 atom stereocenters. The Balaban J connectivity index is 1.71. The topological polar surface area (TPSA) is 48.0 Å². The Morgan fingerprint density at radius 1 is 0.691 bits per heavy atom. The number of allylic oxidation sites excluding steroid dienone is 2. The predicted octanol–water partition coefficient (Wildman–Crippen LogP) is 9.38. The Bertz CT molecular complexity index is 1780. The third-order valence-corrected chi connectivity index (χ3v) is 15.7. The van der Waals surface area contributed by atoms with Gasteiger partial charge < -0.3 is 18.8 Å². The zero-order valence-corrected chi connectivity index (χ0v) is 34.9. The third-order valence-electron chi connectivity index (χ3n) is 10.2. The van der Waals surface area contributed by atoms with E-state index in [1.165, 1.54) is 10.4 Å². The molecule has 0 saturated heterocycles. The second-order valence-electron chi connectivity index (χ2n) is 15.3. The van der Waals surface area contributed by atoms with Crippen molar-refractivity contribution in [1.29, 1.82) is 0 Å². The summed E-state index contributed by atoms with van der Waals surface area (Å²) in [7, 11) is 0.495. The van der Waals surface area contributed by atoms with Crippen molar-refractivity contribution >= 4 is 36.2 Å².